The van der Waals surface area contributed by atoms with E-state index in [1.165, 1.54) is 30.5 Å². The Balaban J connectivity index is 2.15. The number of nitrogens with two attached hydrogens (primary N) is 1. The fourth-order valence-corrected chi connectivity index (χ4v) is 3.33. The van der Waals surface area contributed by atoms with Crippen molar-refractivity contribution in [1.29, 1.82) is 0 Å². The zero-order chi connectivity index (χ0) is 14.8. The summed E-state index contributed by atoms with van der Waals surface area (Å²) in [5.74, 6) is 0.592. The molecule has 1 aromatic carbocycles. The Morgan fingerprint density at radius 1 is 1.15 bits per heavy atom. The molecule has 112 valence electrons. The van der Waals surface area contributed by atoms with Gasteiger partial charge in [0.05, 0.1) is 0 Å². The zero-order valence-electron chi connectivity index (χ0n) is 13.5. The number of hydrogen-bond acceptors (Lipinski definition) is 2. The van der Waals surface area contributed by atoms with E-state index in [9.17, 15) is 0 Å². The molecule has 0 bridgehead atoms. The first-order valence-corrected chi connectivity index (χ1v) is 7.97. The smallest absolute Gasteiger partial charge is 0.0470 e. The maximum Gasteiger partial charge on any atom is 0.0470 e. The number of nitrogens with zero attached hydrogens (tertiary/aromatic N) is 1. The Morgan fingerprint density at radius 2 is 1.75 bits per heavy atom. The minimum atomic E-state index is 0.371. The molecule has 1 aliphatic rings. The molecule has 0 aromatic heterocycles. The third-order valence-corrected chi connectivity index (χ3v) is 4.58. The lowest BCUT2D eigenvalue weighted by Gasteiger charge is -2.42. The van der Waals surface area contributed by atoms with Gasteiger partial charge in [0, 0.05) is 19.1 Å². The largest absolute Gasteiger partial charge is 0.329 e. The van der Waals surface area contributed by atoms with Crippen LogP contribution in [0.1, 0.15) is 63.6 Å². The van der Waals surface area contributed by atoms with Crippen LogP contribution in [0.25, 0.3) is 0 Å². The molecule has 0 saturated carbocycles. The highest BCUT2D eigenvalue weighted by Crippen LogP contribution is 2.33. The van der Waals surface area contributed by atoms with Gasteiger partial charge in [0.1, 0.15) is 0 Å². The summed E-state index contributed by atoms with van der Waals surface area (Å²) in [6.45, 7) is 12.3. The average molecular weight is 274 g/mol. The summed E-state index contributed by atoms with van der Waals surface area (Å²) in [6, 6.07) is 9.44. The summed E-state index contributed by atoms with van der Waals surface area (Å²) >= 11 is 0. The van der Waals surface area contributed by atoms with Crippen molar-refractivity contribution in [2.24, 2.45) is 11.1 Å². The molecule has 0 aliphatic carbocycles. The minimum absolute atomic E-state index is 0.371. The van der Waals surface area contributed by atoms with Gasteiger partial charge in [-0.15, -0.1) is 0 Å². The molecule has 1 heterocycles. The predicted molar refractivity (Wildman–Crippen MR) is 86.9 cm³/mol. The molecule has 2 nitrogen and oxygen atoms in total. The van der Waals surface area contributed by atoms with Gasteiger partial charge in [-0.3, -0.25) is 4.90 Å². The van der Waals surface area contributed by atoms with E-state index < -0.39 is 0 Å². The van der Waals surface area contributed by atoms with Gasteiger partial charge in [0.25, 0.3) is 0 Å². The Hall–Kier alpha value is -0.860. The van der Waals surface area contributed by atoms with E-state index in [1.54, 1.807) is 0 Å². The molecule has 1 unspecified atom stereocenters. The van der Waals surface area contributed by atoms with Gasteiger partial charge in [-0.05, 0) is 41.8 Å². The number of piperidine rings is 1. The van der Waals surface area contributed by atoms with Gasteiger partial charge in [0.15, 0.2) is 0 Å². The van der Waals surface area contributed by atoms with Crippen LogP contribution < -0.4 is 5.73 Å². The second kappa shape index (κ2) is 6.28. The summed E-state index contributed by atoms with van der Waals surface area (Å²) in [5.41, 5.74) is 9.28. The van der Waals surface area contributed by atoms with E-state index in [-0.39, 0.29) is 0 Å². The minimum Gasteiger partial charge on any atom is -0.329 e. The number of likely N-dealkylation sites (tertiary alicyclic amines) is 1. The van der Waals surface area contributed by atoms with Crippen molar-refractivity contribution in [3.8, 4) is 0 Å². The molecule has 1 atom stereocenters. The zero-order valence-corrected chi connectivity index (χ0v) is 13.5. The fourth-order valence-electron chi connectivity index (χ4n) is 3.33. The van der Waals surface area contributed by atoms with Gasteiger partial charge < -0.3 is 5.73 Å². The Bertz CT molecular complexity index is 420. The molecule has 1 saturated heterocycles. The Kier molecular flexibility index (Phi) is 4.87. The molecule has 2 N–H and O–H groups in total. The monoisotopic (exact) mass is 274 g/mol. The number of hydrogen-bond donors (Lipinski definition) is 1. The summed E-state index contributed by atoms with van der Waals surface area (Å²) in [4.78, 5) is 2.58. The third-order valence-electron chi connectivity index (χ3n) is 4.58. The third kappa shape index (κ3) is 3.62. The van der Waals surface area contributed by atoms with Crippen LogP contribution in [-0.2, 0) is 0 Å². The highest BCUT2D eigenvalue weighted by molar-refractivity contribution is 5.27. The fraction of sp³-hybridized carbons (Fsp3) is 0.667. The number of rotatable bonds is 4. The van der Waals surface area contributed by atoms with E-state index in [2.05, 4.69) is 56.9 Å². The molecule has 20 heavy (non-hydrogen) atoms. The molecule has 1 aromatic rings. The first-order chi connectivity index (χ1) is 9.43. The van der Waals surface area contributed by atoms with Gasteiger partial charge in [-0.2, -0.15) is 0 Å². The lowest BCUT2D eigenvalue weighted by molar-refractivity contribution is 0.0807. The first kappa shape index (κ1) is 15.5. The molecule has 1 aliphatic heterocycles. The van der Waals surface area contributed by atoms with Crippen molar-refractivity contribution in [2.75, 3.05) is 19.6 Å². The van der Waals surface area contributed by atoms with Crippen LogP contribution in [-0.4, -0.2) is 24.5 Å². The summed E-state index contributed by atoms with van der Waals surface area (Å²) in [5, 5.41) is 0. The van der Waals surface area contributed by atoms with Crippen molar-refractivity contribution in [2.45, 2.75) is 52.5 Å². The van der Waals surface area contributed by atoms with Crippen molar-refractivity contribution >= 4 is 0 Å². The topological polar surface area (TPSA) is 29.3 Å². The molecule has 2 heteroatoms. The van der Waals surface area contributed by atoms with E-state index >= 15 is 0 Å². The second-order valence-corrected chi connectivity index (χ2v) is 7.31. The maximum absolute atomic E-state index is 6.08. The Labute approximate surface area is 124 Å². The molecular weight excluding hydrogens is 244 g/mol. The standard InChI is InChI=1S/C18H30N2/c1-14(2)15-6-8-16(9-7-15)17(12-19)20-11-5-10-18(3,4)13-20/h6-9,14,17H,5,10-13,19H2,1-4H3. The van der Waals surface area contributed by atoms with Crippen LogP contribution in [0.15, 0.2) is 24.3 Å². The summed E-state index contributed by atoms with van der Waals surface area (Å²) < 4.78 is 0. The normalized spacial score (nSPS) is 21.1. The van der Waals surface area contributed by atoms with Crippen LogP contribution >= 0.6 is 0 Å². The van der Waals surface area contributed by atoms with Crippen LogP contribution in [0.3, 0.4) is 0 Å². The lowest BCUT2D eigenvalue weighted by Crippen LogP contribution is -2.44. The molecular formula is C18H30N2. The maximum atomic E-state index is 6.08. The van der Waals surface area contributed by atoms with Crippen molar-refractivity contribution < 1.29 is 0 Å². The van der Waals surface area contributed by atoms with Crippen LogP contribution in [0, 0.1) is 5.41 Å². The van der Waals surface area contributed by atoms with E-state index in [0.29, 0.717) is 23.9 Å². The highest BCUT2D eigenvalue weighted by atomic mass is 15.2. The average Bonchev–Trinajstić information content (AvgIpc) is 2.39. The van der Waals surface area contributed by atoms with Crippen molar-refractivity contribution in [3.05, 3.63) is 35.4 Å². The summed E-state index contributed by atoms with van der Waals surface area (Å²) in [6.07, 6.45) is 2.61. The highest BCUT2D eigenvalue weighted by Gasteiger charge is 2.30. The van der Waals surface area contributed by atoms with Gasteiger partial charge in [0.2, 0.25) is 0 Å². The molecule has 0 radical (unpaired) electrons. The molecule has 2 rings (SSSR count). The van der Waals surface area contributed by atoms with Crippen LogP contribution in [0.2, 0.25) is 0 Å². The molecule has 1 fully saturated rings. The molecule has 0 amide bonds. The van der Waals surface area contributed by atoms with Gasteiger partial charge in [-0.25, -0.2) is 0 Å². The molecule has 0 spiro atoms. The van der Waals surface area contributed by atoms with Crippen LogP contribution in [0.4, 0.5) is 0 Å². The first-order valence-electron chi connectivity index (χ1n) is 7.97. The Morgan fingerprint density at radius 3 is 2.25 bits per heavy atom. The number of benzene rings is 1. The quantitative estimate of drug-likeness (QED) is 0.901. The lowest BCUT2D eigenvalue weighted by atomic mass is 9.83. The van der Waals surface area contributed by atoms with E-state index in [4.69, 9.17) is 5.73 Å². The van der Waals surface area contributed by atoms with E-state index in [1.807, 2.05) is 0 Å². The van der Waals surface area contributed by atoms with Crippen molar-refractivity contribution in [3.63, 3.8) is 0 Å². The van der Waals surface area contributed by atoms with Crippen molar-refractivity contribution in [1.82, 2.24) is 4.90 Å². The van der Waals surface area contributed by atoms with Gasteiger partial charge in [-0.1, -0.05) is 52.0 Å². The second-order valence-electron chi connectivity index (χ2n) is 7.31. The predicted octanol–water partition coefficient (Wildman–Crippen LogP) is 3.93. The van der Waals surface area contributed by atoms with Gasteiger partial charge >= 0.3 is 0 Å². The van der Waals surface area contributed by atoms with Crippen LogP contribution in [0.5, 0.6) is 0 Å². The van der Waals surface area contributed by atoms with E-state index in [0.717, 1.165) is 6.54 Å². The SMILES string of the molecule is CC(C)c1ccc(C(CN)N2CCCC(C)(C)C2)cc1. The summed E-state index contributed by atoms with van der Waals surface area (Å²) in [7, 11) is 0.